The molecule has 1 unspecified atom stereocenters. The molecule has 0 aliphatic heterocycles. The van der Waals surface area contributed by atoms with Crippen molar-refractivity contribution in [3.63, 3.8) is 0 Å². The van der Waals surface area contributed by atoms with E-state index in [2.05, 4.69) is 52.7 Å². The number of hydrogen-bond donors (Lipinski definition) is 1. The third kappa shape index (κ3) is 2.96. The lowest BCUT2D eigenvalue weighted by molar-refractivity contribution is 0.781. The van der Waals surface area contributed by atoms with Gasteiger partial charge in [0.05, 0.1) is 23.4 Å². The van der Waals surface area contributed by atoms with Gasteiger partial charge in [-0.2, -0.15) is 0 Å². The van der Waals surface area contributed by atoms with Gasteiger partial charge in [-0.1, -0.05) is 41.6 Å². The summed E-state index contributed by atoms with van der Waals surface area (Å²) in [6.07, 6.45) is 3.80. The summed E-state index contributed by atoms with van der Waals surface area (Å²) in [5.74, 6) is 0. The Hall–Kier alpha value is -3.21. The zero-order valence-corrected chi connectivity index (χ0v) is 14.2. The first-order valence-electron chi connectivity index (χ1n) is 8.31. The fourth-order valence-corrected chi connectivity index (χ4v) is 2.94. The molecule has 0 fully saturated rings. The van der Waals surface area contributed by atoms with Gasteiger partial charge in [0.2, 0.25) is 0 Å². The van der Waals surface area contributed by atoms with E-state index in [-0.39, 0.29) is 6.04 Å². The molecule has 1 atom stereocenters. The molecule has 0 saturated heterocycles. The van der Waals surface area contributed by atoms with E-state index < -0.39 is 0 Å². The molecule has 25 heavy (non-hydrogen) atoms. The summed E-state index contributed by atoms with van der Waals surface area (Å²) in [7, 11) is 0. The molecular formula is C20H19N5. The number of para-hydroxylation sites is 2. The predicted octanol–water partition coefficient (Wildman–Crippen LogP) is 4.30. The predicted molar refractivity (Wildman–Crippen MR) is 99.9 cm³/mol. The van der Waals surface area contributed by atoms with Crippen LogP contribution in [0.5, 0.6) is 0 Å². The van der Waals surface area contributed by atoms with Crippen LogP contribution in [0.2, 0.25) is 0 Å². The van der Waals surface area contributed by atoms with Gasteiger partial charge in [-0.25, -0.2) is 4.68 Å². The number of nitrogens with one attached hydrogen (secondary N) is 1. The van der Waals surface area contributed by atoms with Crippen molar-refractivity contribution in [1.29, 1.82) is 0 Å². The Balaban J connectivity index is 1.62. The van der Waals surface area contributed by atoms with Crippen LogP contribution in [-0.4, -0.2) is 20.0 Å². The molecular weight excluding hydrogens is 310 g/mol. The van der Waals surface area contributed by atoms with Crippen molar-refractivity contribution in [2.45, 2.75) is 19.9 Å². The highest BCUT2D eigenvalue weighted by Crippen LogP contribution is 2.27. The minimum absolute atomic E-state index is 0.0311. The van der Waals surface area contributed by atoms with Crippen molar-refractivity contribution in [2.24, 2.45) is 0 Å². The first kappa shape index (κ1) is 15.3. The third-order valence-electron chi connectivity index (χ3n) is 4.32. The van der Waals surface area contributed by atoms with Crippen molar-refractivity contribution >= 4 is 16.6 Å². The highest BCUT2D eigenvalue weighted by Gasteiger charge is 2.13. The van der Waals surface area contributed by atoms with Gasteiger partial charge in [0.1, 0.15) is 5.69 Å². The van der Waals surface area contributed by atoms with Gasteiger partial charge in [-0.15, -0.1) is 5.10 Å². The summed E-state index contributed by atoms with van der Waals surface area (Å²) in [5, 5.41) is 13.2. The first-order valence-corrected chi connectivity index (χ1v) is 8.31. The zero-order valence-electron chi connectivity index (χ0n) is 14.2. The fourth-order valence-electron chi connectivity index (χ4n) is 2.94. The number of pyridine rings is 1. The number of hydrogen-bond acceptors (Lipinski definition) is 4. The Morgan fingerprint density at radius 3 is 2.68 bits per heavy atom. The van der Waals surface area contributed by atoms with Crippen LogP contribution in [0.25, 0.3) is 16.6 Å². The maximum Gasteiger partial charge on any atom is 0.105 e. The summed E-state index contributed by atoms with van der Waals surface area (Å²) >= 11 is 0. The quantitative estimate of drug-likeness (QED) is 0.606. The second-order valence-corrected chi connectivity index (χ2v) is 6.12. The molecule has 1 N–H and O–H groups in total. The molecule has 5 nitrogen and oxygen atoms in total. The lowest BCUT2D eigenvalue weighted by Crippen LogP contribution is -2.07. The molecule has 0 radical (unpaired) electrons. The van der Waals surface area contributed by atoms with Crippen LogP contribution in [0.1, 0.15) is 24.2 Å². The summed E-state index contributed by atoms with van der Waals surface area (Å²) in [5.41, 5.74) is 5.13. The lowest BCUT2D eigenvalue weighted by atomic mass is 10.1. The van der Waals surface area contributed by atoms with Crippen LogP contribution < -0.4 is 5.32 Å². The van der Waals surface area contributed by atoms with Crippen LogP contribution in [0.15, 0.2) is 67.0 Å². The van der Waals surface area contributed by atoms with Gasteiger partial charge in [0, 0.05) is 17.3 Å². The number of aromatic nitrogens is 4. The number of aryl methyl sites for hydroxylation is 1. The lowest BCUT2D eigenvalue weighted by Gasteiger charge is -2.15. The molecule has 5 heteroatoms. The van der Waals surface area contributed by atoms with Gasteiger partial charge >= 0.3 is 0 Å². The van der Waals surface area contributed by atoms with Crippen molar-refractivity contribution in [3.8, 4) is 5.69 Å². The van der Waals surface area contributed by atoms with E-state index in [1.807, 2.05) is 48.8 Å². The van der Waals surface area contributed by atoms with Crippen LogP contribution >= 0.6 is 0 Å². The molecule has 0 aliphatic carbocycles. The standard InChI is InChI=1S/C20H19N5/c1-14-7-6-10-17-18(11-12-21-20(14)17)22-15(2)19-13-25(24-23-19)16-8-4-3-5-9-16/h3-13,15H,1-2H3,(H,21,22). The molecule has 2 aromatic carbocycles. The maximum absolute atomic E-state index is 4.49. The van der Waals surface area contributed by atoms with Gasteiger partial charge in [-0.05, 0) is 37.6 Å². The normalized spacial score (nSPS) is 12.2. The topological polar surface area (TPSA) is 55.6 Å². The van der Waals surface area contributed by atoms with Crippen LogP contribution in [0, 0.1) is 6.92 Å². The van der Waals surface area contributed by atoms with Gasteiger partial charge in [0.15, 0.2) is 0 Å². The number of anilines is 1. The third-order valence-corrected chi connectivity index (χ3v) is 4.32. The van der Waals surface area contributed by atoms with E-state index >= 15 is 0 Å². The van der Waals surface area contributed by atoms with Gasteiger partial charge in [-0.3, -0.25) is 4.98 Å². The molecule has 4 aromatic rings. The van der Waals surface area contributed by atoms with Gasteiger partial charge in [0.25, 0.3) is 0 Å². The molecule has 2 heterocycles. The SMILES string of the molecule is Cc1cccc2c(NC(C)c3cn(-c4ccccc4)nn3)ccnc12. The zero-order chi connectivity index (χ0) is 17.2. The van der Waals surface area contributed by atoms with E-state index in [0.717, 1.165) is 28.0 Å². The molecule has 0 saturated carbocycles. The molecule has 2 aromatic heterocycles. The largest absolute Gasteiger partial charge is 0.376 e. The van der Waals surface area contributed by atoms with Crippen molar-refractivity contribution < 1.29 is 0 Å². The van der Waals surface area contributed by atoms with Crippen molar-refractivity contribution in [1.82, 2.24) is 20.0 Å². The Morgan fingerprint density at radius 1 is 1.00 bits per heavy atom. The number of benzene rings is 2. The first-order chi connectivity index (χ1) is 12.2. The Kier molecular flexibility index (Phi) is 3.90. The summed E-state index contributed by atoms with van der Waals surface area (Å²) in [6, 6.07) is 18.2. The van der Waals surface area contributed by atoms with E-state index in [0.29, 0.717) is 0 Å². The molecule has 0 spiro atoms. The van der Waals surface area contributed by atoms with E-state index in [1.165, 1.54) is 5.56 Å². The van der Waals surface area contributed by atoms with Crippen molar-refractivity contribution in [3.05, 3.63) is 78.2 Å². The summed E-state index contributed by atoms with van der Waals surface area (Å²) in [4.78, 5) is 4.49. The molecule has 124 valence electrons. The Labute approximate surface area is 146 Å². The highest BCUT2D eigenvalue weighted by molar-refractivity contribution is 5.92. The van der Waals surface area contributed by atoms with Crippen LogP contribution in [0.3, 0.4) is 0 Å². The average molecular weight is 329 g/mol. The van der Waals surface area contributed by atoms with E-state index in [1.54, 1.807) is 4.68 Å². The maximum atomic E-state index is 4.49. The second kappa shape index (κ2) is 6.36. The summed E-state index contributed by atoms with van der Waals surface area (Å²) in [6.45, 7) is 4.16. The number of rotatable bonds is 4. The summed E-state index contributed by atoms with van der Waals surface area (Å²) < 4.78 is 1.79. The molecule has 0 aliphatic rings. The van der Waals surface area contributed by atoms with Crippen LogP contribution in [-0.2, 0) is 0 Å². The van der Waals surface area contributed by atoms with Crippen LogP contribution in [0.4, 0.5) is 5.69 Å². The van der Waals surface area contributed by atoms with Crippen molar-refractivity contribution in [2.75, 3.05) is 5.32 Å². The molecule has 4 rings (SSSR count). The van der Waals surface area contributed by atoms with E-state index in [9.17, 15) is 0 Å². The molecule has 0 amide bonds. The Morgan fingerprint density at radius 2 is 1.84 bits per heavy atom. The molecule has 0 bridgehead atoms. The minimum Gasteiger partial charge on any atom is -0.376 e. The Bertz CT molecular complexity index is 1010. The smallest absolute Gasteiger partial charge is 0.105 e. The second-order valence-electron chi connectivity index (χ2n) is 6.12. The van der Waals surface area contributed by atoms with Gasteiger partial charge < -0.3 is 5.32 Å². The van der Waals surface area contributed by atoms with E-state index in [4.69, 9.17) is 0 Å². The highest BCUT2D eigenvalue weighted by atomic mass is 15.4. The minimum atomic E-state index is 0.0311. The number of nitrogens with zero attached hydrogens (tertiary/aromatic N) is 4. The fraction of sp³-hybridized carbons (Fsp3) is 0.150. The average Bonchev–Trinajstić information content (AvgIpc) is 3.14. The monoisotopic (exact) mass is 329 g/mol. The number of fused-ring (bicyclic) bond motifs is 1.